The first-order valence-electron chi connectivity index (χ1n) is 3.28. The molecule has 32 valence electrons. The van der Waals surface area contributed by atoms with E-state index in [1.54, 1.807) is 0 Å². The zero-order valence-corrected chi connectivity index (χ0v) is 2.98. The Morgan fingerprint density at radius 2 is 2.80 bits per heavy atom. The maximum absolute atomic E-state index is 6.43. The number of nitrogens with two attached hydrogens (primary N) is 2. The van der Waals surface area contributed by atoms with Gasteiger partial charge in [0, 0.05) is 0 Å². The Hall–Kier alpha value is -0.440. The minimum Gasteiger partial charge on any atom is -0.370 e. The van der Waals surface area contributed by atoms with Gasteiger partial charge in [-0.05, 0) is 0 Å². The predicted molar refractivity (Wildman–Crippen MR) is 23.3 cm³/mol. The lowest BCUT2D eigenvalue weighted by Crippen LogP contribution is -2.20. The molecule has 0 amide bonds. The Labute approximate surface area is 44.7 Å². The first kappa shape index (κ1) is 0.789. The first-order valence-corrected chi connectivity index (χ1v) is 0.671. The molecule has 0 fully saturated rings. The molecule has 0 saturated carbocycles. The molecule has 0 spiro atoms. The third-order valence-electron chi connectivity index (χ3n) is 0. The van der Waals surface area contributed by atoms with Gasteiger partial charge >= 0.3 is 0 Å². The van der Waals surface area contributed by atoms with Gasteiger partial charge in [-0.25, -0.2) is 0 Å². The van der Waals surface area contributed by atoms with E-state index in [1.807, 2.05) is 0 Å². The molecule has 0 rings (SSSR count). The summed E-state index contributed by atoms with van der Waals surface area (Å²) in [6.45, 7) is 0. The van der Waals surface area contributed by atoms with Gasteiger partial charge in [-0.3, -0.25) is 5.40 Å². The molecule has 0 aliphatic heterocycles. The van der Waals surface area contributed by atoms with Gasteiger partial charge in [0.05, 0.1) is 0 Å². The molecule has 0 radical (unpaired) electrons. The molecule has 0 aromatic heterocycles. The van der Waals surface area contributed by atoms with E-state index in [0.717, 1.165) is 0 Å². The van der Waals surface area contributed by atoms with Gasteiger partial charge < -0.3 is 11.4 Å². The predicted octanol–water partition coefficient (Wildman–Crippen LogP) is -0.740. The van der Waals surface area contributed by atoms with Crippen molar-refractivity contribution in [1.82, 2.24) is 0 Å². The second-order valence-corrected chi connectivity index (χ2v) is 0.300. The third-order valence-corrected chi connectivity index (χ3v) is 0. The fraction of sp³-hybridized carbons (Fsp3) is 0. The second kappa shape index (κ2) is 3.56. The Kier molecular flexibility index (Phi) is 0.562. The number of hydrogen-bond acceptors (Lipinski definition) is 1. The minimum absolute atomic E-state index is 0.0903. The van der Waals surface area contributed by atoms with Gasteiger partial charge in [0.15, 0.2) is 13.0 Å². The molecule has 5 N–H and O–H groups in total. The number of rotatable bonds is 0. The highest BCUT2D eigenvalue weighted by Crippen LogP contribution is 1.13. The highest BCUT2D eigenvalue weighted by atomic mass is 35.5. The normalized spacial score (nSPS) is 17.8. The fourth-order valence-electron chi connectivity index (χ4n) is 0. The van der Waals surface area contributed by atoms with E-state index >= 15 is 0 Å². The lowest BCUT2D eigenvalue weighted by atomic mass is 11.1. The second-order valence-electron chi connectivity index (χ2n) is 0.300. The van der Waals surface area contributed by atoms with Crippen LogP contribution in [-0.4, -0.2) is 7.13 Å². The van der Waals surface area contributed by atoms with Crippen LogP contribution in [-0.2, 0) is 0 Å². The van der Waals surface area contributed by atoms with Gasteiger partial charge in [0.2, 0.25) is 0 Å². The number of halogens is 1. The van der Waals surface area contributed by atoms with Crippen LogP contribution in [0.1, 0.15) is 0 Å². The molecular weight excluding hydrogens is 89.5 g/mol. The van der Waals surface area contributed by atoms with E-state index < -0.39 is 5.96 Å². The maximum atomic E-state index is 6.43. The average Bonchev–Trinajstić information content (AvgIpc) is 1.91. The highest BCUT2D eigenvalue weighted by Gasteiger charge is 1.52. The summed E-state index contributed by atoms with van der Waals surface area (Å²) < 4.78 is 37.2. The summed E-state index contributed by atoms with van der Waals surface area (Å²) in [4.78, 5) is 0. The molecule has 0 unspecified atom stereocenters. The molecular formula is CH6ClN3. The standard InChI is InChI=1S/CH5N3.ClH/c2-1(3)4;/h(H5,2,3,4);1H/i/hD6. The Morgan fingerprint density at radius 3 is 2.80 bits per heavy atom. The largest absolute Gasteiger partial charge is 0.370 e. The number of nitrogens with one attached hydrogen (secondary N) is 1. The summed E-state index contributed by atoms with van der Waals surface area (Å²) in [5.74, 6) is -0.685. The molecule has 5 heavy (non-hydrogen) atoms. The van der Waals surface area contributed by atoms with Gasteiger partial charge in [-0.1, -0.05) is 0 Å². The Balaban J connectivity index is 0. The van der Waals surface area contributed by atoms with Crippen LogP contribution in [0.4, 0.5) is 0 Å². The van der Waals surface area contributed by atoms with Crippen LogP contribution >= 0.6 is 12.3 Å². The summed E-state index contributed by atoms with van der Waals surface area (Å²) in [6.07, 6.45) is 0. The number of hydrogen-bond donors (Lipinski definition) is 3. The van der Waals surface area contributed by atoms with Crippen molar-refractivity contribution < 1.29 is 7.06 Å². The van der Waals surface area contributed by atoms with Crippen LogP contribution in [0.25, 0.3) is 0 Å². The third kappa shape index (κ3) is 44.8. The van der Waals surface area contributed by atoms with Crippen molar-refractivity contribution in [1.29, 1.82) is 6.58 Å². The lowest BCUT2D eigenvalue weighted by Gasteiger charge is -1.69. The zero-order chi connectivity index (χ0) is 9.44. The lowest BCUT2D eigenvalue weighted by molar-refractivity contribution is 1.39. The van der Waals surface area contributed by atoms with Crippen molar-refractivity contribution in [3.05, 3.63) is 0 Å². The van der Waals surface area contributed by atoms with Crippen molar-refractivity contribution in [2.45, 2.75) is 0 Å². The van der Waals surface area contributed by atoms with Crippen molar-refractivity contribution in [2.24, 2.45) is 11.4 Å². The molecule has 0 aliphatic rings. The molecule has 0 saturated heterocycles. The smallest absolute Gasteiger partial charge is 0.191 e. The van der Waals surface area contributed by atoms with Gasteiger partial charge in [0.25, 0.3) is 0 Å². The van der Waals surface area contributed by atoms with Crippen LogP contribution in [0.3, 0.4) is 0 Å². The summed E-state index contributed by atoms with van der Waals surface area (Å²) in [7, 11) is 0. The average molecular weight is 102 g/mol. The highest BCUT2D eigenvalue weighted by molar-refractivity contribution is 5.85. The topological polar surface area (TPSA) is 75.9 Å². The first-order chi connectivity index (χ1) is 5.09. The SMILES string of the molecule is [2H]Cl.[2H]N=C(N([2H])[2H])N([2H])[2H]. The quantitative estimate of drug-likeness (QED) is 0.278. The van der Waals surface area contributed by atoms with Crippen molar-refractivity contribution in [2.75, 3.05) is 0 Å². The van der Waals surface area contributed by atoms with E-state index in [4.69, 9.17) is 8.23 Å². The zero-order valence-electron chi connectivity index (χ0n) is 8.22. The van der Waals surface area contributed by atoms with Gasteiger partial charge in [-0.2, -0.15) is 0 Å². The van der Waals surface area contributed by atoms with Gasteiger partial charge in [0.1, 0.15) is 1.17 Å². The molecule has 4 heteroatoms. The van der Waals surface area contributed by atoms with Crippen LogP contribution in [0.2, 0.25) is 7.06 Å². The Morgan fingerprint density at radius 1 is 2.20 bits per heavy atom. The summed E-state index contributed by atoms with van der Waals surface area (Å²) >= 11 is 3.89. The van der Waals surface area contributed by atoms with Crippen LogP contribution in [0, 0.1) is 5.40 Å². The monoisotopic (exact) mass is 101 g/mol. The molecule has 0 bridgehead atoms. The molecule has 0 atom stereocenters. The van der Waals surface area contributed by atoms with Crippen LogP contribution in [0.5, 0.6) is 0 Å². The number of guanidine groups is 1. The molecule has 3 nitrogen and oxygen atoms in total. The molecule has 0 aromatic rings. The summed E-state index contributed by atoms with van der Waals surface area (Å²) in [6, 6.07) is 0. The van der Waals surface area contributed by atoms with E-state index in [-0.39, 0.29) is 11.4 Å². The van der Waals surface area contributed by atoms with E-state index in [1.165, 1.54) is 0 Å². The van der Waals surface area contributed by atoms with Crippen LogP contribution < -0.4 is 11.4 Å². The summed E-state index contributed by atoms with van der Waals surface area (Å²) in [5.41, 5.74) is -0.181. The molecule has 0 aliphatic carbocycles. The van der Waals surface area contributed by atoms with Crippen LogP contribution in [0.15, 0.2) is 0 Å². The minimum atomic E-state index is -0.685. The van der Waals surface area contributed by atoms with E-state index in [9.17, 15) is 0 Å². The molecule has 0 aromatic carbocycles. The maximum Gasteiger partial charge on any atom is 0.191 e. The van der Waals surface area contributed by atoms with Crippen molar-refractivity contribution in [3.8, 4) is 0 Å². The Bertz CT molecular complexity index is 104. The fourth-order valence-corrected chi connectivity index (χ4v) is 0. The summed E-state index contributed by atoms with van der Waals surface area (Å²) in [5, 5.41) is 2.56. The van der Waals surface area contributed by atoms with Crippen molar-refractivity contribution in [3.63, 3.8) is 0 Å². The van der Waals surface area contributed by atoms with Crippen molar-refractivity contribution >= 4 is 18.3 Å². The molecule has 0 heterocycles. The van der Waals surface area contributed by atoms with E-state index in [0.29, 0.717) is 0 Å². The van der Waals surface area contributed by atoms with E-state index in [2.05, 4.69) is 17.7 Å². The van der Waals surface area contributed by atoms with Gasteiger partial charge in [-0.15, -0.1) is 12.3 Å².